The highest BCUT2D eigenvalue weighted by molar-refractivity contribution is 9.10. The maximum absolute atomic E-state index is 12.9. The number of carbonyl (C=O) groups is 1. The second-order valence-corrected chi connectivity index (χ2v) is 12.3. The summed E-state index contributed by atoms with van der Waals surface area (Å²) >= 11 is 3.42. The Morgan fingerprint density at radius 2 is 1.85 bits per heavy atom. The second-order valence-electron chi connectivity index (χ2n) is 11.4. The third kappa shape index (κ3) is 5.05. The monoisotopic (exact) mass is 614 g/mol. The van der Waals surface area contributed by atoms with Crippen molar-refractivity contribution in [1.82, 2.24) is 29.3 Å². The number of aromatic nitrogens is 4. The summed E-state index contributed by atoms with van der Waals surface area (Å²) in [7, 11) is 0. The number of benzene rings is 1. The number of nitrogens with one attached hydrogen (secondary N) is 1. The van der Waals surface area contributed by atoms with Gasteiger partial charge in [0, 0.05) is 41.9 Å². The van der Waals surface area contributed by atoms with Gasteiger partial charge in [0.15, 0.2) is 17.7 Å². The molecule has 0 bridgehead atoms. The summed E-state index contributed by atoms with van der Waals surface area (Å²) in [5.41, 5.74) is 7.57. The van der Waals surface area contributed by atoms with E-state index in [2.05, 4.69) is 54.9 Å². The number of halogens is 1. The van der Waals surface area contributed by atoms with Crippen molar-refractivity contribution in [1.29, 1.82) is 0 Å². The van der Waals surface area contributed by atoms with Crippen molar-refractivity contribution < 1.29 is 19.7 Å². The fraction of sp³-hybridized carbons (Fsp3) is 0.556. The van der Waals surface area contributed by atoms with Crippen LogP contribution in [0.5, 0.6) is 0 Å². The summed E-state index contributed by atoms with van der Waals surface area (Å²) in [6, 6.07) is 8.05. The molecular formula is C27H35BrN8O4. The third-order valence-corrected chi connectivity index (χ3v) is 9.16. The molecule has 214 valence electrons. The summed E-state index contributed by atoms with van der Waals surface area (Å²) in [5, 5.41) is 24.9. The minimum absolute atomic E-state index is 0.0597. The van der Waals surface area contributed by atoms with Crippen molar-refractivity contribution >= 4 is 44.6 Å². The molecule has 40 heavy (non-hydrogen) atoms. The van der Waals surface area contributed by atoms with E-state index in [0.29, 0.717) is 35.6 Å². The molecule has 6 atom stereocenters. The lowest BCUT2D eigenvalue weighted by Crippen LogP contribution is -2.47. The van der Waals surface area contributed by atoms with Crippen molar-refractivity contribution in [2.75, 3.05) is 30.7 Å². The molecule has 3 aromatic rings. The number of nitrogens with zero attached hydrogens (tertiary/aromatic N) is 6. The number of carbonyl (C=O) groups excluding carboxylic acids is 1. The Balaban J connectivity index is 1.09. The van der Waals surface area contributed by atoms with Crippen LogP contribution in [0.1, 0.15) is 32.9 Å². The number of urea groups is 1. The first-order valence-corrected chi connectivity index (χ1v) is 14.5. The van der Waals surface area contributed by atoms with E-state index in [-0.39, 0.29) is 17.9 Å². The zero-order valence-electron chi connectivity index (χ0n) is 22.5. The lowest BCUT2D eigenvalue weighted by molar-refractivity contribution is -0.0520. The van der Waals surface area contributed by atoms with Crippen LogP contribution in [-0.4, -0.2) is 95.6 Å². The molecule has 1 saturated carbocycles. The predicted octanol–water partition coefficient (Wildman–Crippen LogP) is 2.44. The topological polar surface area (TPSA) is 155 Å². The Kier molecular flexibility index (Phi) is 7.42. The van der Waals surface area contributed by atoms with Gasteiger partial charge in [-0.3, -0.25) is 9.47 Å². The normalized spacial score (nSPS) is 30.1. The number of amides is 2. The number of fused-ring (bicyclic) bond motifs is 2. The van der Waals surface area contributed by atoms with Crippen LogP contribution in [0.4, 0.5) is 16.3 Å². The number of hydrogen-bond acceptors (Lipinski definition) is 9. The molecule has 2 amide bonds. The highest BCUT2D eigenvalue weighted by atomic mass is 79.9. The molecule has 4 heterocycles. The van der Waals surface area contributed by atoms with Crippen molar-refractivity contribution in [3.63, 3.8) is 0 Å². The molecule has 2 aliphatic heterocycles. The van der Waals surface area contributed by atoms with Gasteiger partial charge in [0.1, 0.15) is 30.2 Å². The fourth-order valence-corrected chi connectivity index (χ4v) is 6.86. The van der Waals surface area contributed by atoms with Crippen LogP contribution in [0, 0.1) is 11.8 Å². The molecule has 3 aliphatic rings. The number of aliphatic hydroxyl groups excluding tert-OH is 2. The molecule has 0 radical (unpaired) electrons. The maximum atomic E-state index is 12.9. The van der Waals surface area contributed by atoms with E-state index in [1.165, 1.54) is 12.7 Å². The lowest BCUT2D eigenvalue weighted by Gasteiger charge is -2.36. The molecule has 5 N–H and O–H groups in total. The highest BCUT2D eigenvalue weighted by Crippen LogP contribution is 2.42. The zero-order chi connectivity index (χ0) is 28.1. The standard InChI is InChI=1S/C27H35BrN8O4/c1-14(2)35(11-20-22(37)23(38)26(40-20)36-13-32-21-24(29)30-12-31-25(21)36)19-7-15-9-34(10-16(15)8-19)27(39)33-18-5-3-17(28)4-6-18/h3-6,12-16,19-20,22-23,26,37-38H,7-11H2,1-2H3,(H,33,39)(H2,29,30,31)/t15?,16?,19?,20-,22-,23-,26-/m1/s1. The number of hydrogen-bond donors (Lipinski definition) is 4. The molecule has 3 fully saturated rings. The van der Waals surface area contributed by atoms with Gasteiger partial charge in [-0.15, -0.1) is 0 Å². The molecule has 1 aromatic carbocycles. The Morgan fingerprint density at radius 1 is 1.15 bits per heavy atom. The summed E-state index contributed by atoms with van der Waals surface area (Å²) in [5.74, 6) is 1.10. The quantitative estimate of drug-likeness (QED) is 0.327. The summed E-state index contributed by atoms with van der Waals surface area (Å²) in [6.07, 6.45) is 1.16. The van der Waals surface area contributed by atoms with Crippen LogP contribution in [0.15, 0.2) is 41.4 Å². The van der Waals surface area contributed by atoms with Gasteiger partial charge in [-0.05, 0) is 62.8 Å². The number of aliphatic hydroxyl groups is 2. The Bertz CT molecular complexity index is 1360. The van der Waals surface area contributed by atoms with Crippen LogP contribution in [0.2, 0.25) is 0 Å². The Morgan fingerprint density at radius 3 is 2.52 bits per heavy atom. The SMILES string of the molecule is CC(C)N(C[C@H]1O[C@@H](n2cnc3c(N)ncnc32)[C@H](O)[C@@H]1O)C1CC2CN(C(=O)Nc3ccc(Br)cc3)CC2C1. The van der Waals surface area contributed by atoms with Crippen LogP contribution in [-0.2, 0) is 4.74 Å². The average molecular weight is 616 g/mol. The van der Waals surface area contributed by atoms with E-state index < -0.39 is 24.5 Å². The van der Waals surface area contributed by atoms with Crippen molar-refractivity contribution in [2.24, 2.45) is 11.8 Å². The smallest absolute Gasteiger partial charge is 0.321 e. The van der Waals surface area contributed by atoms with E-state index in [1.54, 1.807) is 4.57 Å². The zero-order valence-corrected chi connectivity index (χ0v) is 24.1. The van der Waals surface area contributed by atoms with Gasteiger partial charge in [-0.1, -0.05) is 15.9 Å². The number of rotatable bonds is 6. The van der Waals surface area contributed by atoms with Crippen LogP contribution in [0.3, 0.4) is 0 Å². The largest absolute Gasteiger partial charge is 0.387 e. The summed E-state index contributed by atoms with van der Waals surface area (Å²) in [6.45, 7) is 6.23. The number of ether oxygens (including phenoxy) is 1. The van der Waals surface area contributed by atoms with Crippen LogP contribution < -0.4 is 11.1 Å². The molecule has 6 rings (SSSR count). The number of nitrogen functional groups attached to an aromatic ring is 1. The lowest BCUT2D eigenvalue weighted by atomic mass is 10.0. The van der Waals surface area contributed by atoms with Gasteiger partial charge in [0.2, 0.25) is 0 Å². The predicted molar refractivity (Wildman–Crippen MR) is 152 cm³/mol. The number of imidazole rings is 1. The van der Waals surface area contributed by atoms with Crippen molar-refractivity contribution in [3.05, 3.63) is 41.4 Å². The third-order valence-electron chi connectivity index (χ3n) is 8.63. The second kappa shape index (κ2) is 10.9. The Hall–Kier alpha value is -2.84. The van der Waals surface area contributed by atoms with Gasteiger partial charge in [0.05, 0.1) is 6.33 Å². The van der Waals surface area contributed by atoms with E-state index in [4.69, 9.17) is 10.5 Å². The number of nitrogens with two attached hydrogens (primary N) is 1. The number of anilines is 2. The van der Waals surface area contributed by atoms with E-state index in [0.717, 1.165) is 36.1 Å². The van der Waals surface area contributed by atoms with Gasteiger partial charge in [-0.2, -0.15) is 0 Å². The van der Waals surface area contributed by atoms with Crippen molar-refractivity contribution in [2.45, 2.75) is 63.3 Å². The Labute approximate surface area is 240 Å². The first-order valence-electron chi connectivity index (χ1n) is 13.7. The molecule has 0 spiro atoms. The number of likely N-dealkylation sites (tertiary alicyclic amines) is 1. The molecule has 1 aliphatic carbocycles. The van der Waals surface area contributed by atoms with Gasteiger partial charge >= 0.3 is 6.03 Å². The van der Waals surface area contributed by atoms with E-state index in [1.807, 2.05) is 29.2 Å². The fourth-order valence-electron chi connectivity index (χ4n) is 6.60. The van der Waals surface area contributed by atoms with Crippen molar-refractivity contribution in [3.8, 4) is 0 Å². The molecule has 2 unspecified atom stereocenters. The molecule has 13 heteroatoms. The van der Waals surface area contributed by atoms with E-state index in [9.17, 15) is 15.0 Å². The first kappa shape index (κ1) is 27.3. The highest BCUT2D eigenvalue weighted by Gasteiger charge is 2.48. The molecule has 2 aromatic heterocycles. The minimum atomic E-state index is -1.15. The molecule has 2 saturated heterocycles. The summed E-state index contributed by atoms with van der Waals surface area (Å²) < 4.78 is 8.82. The maximum Gasteiger partial charge on any atom is 0.321 e. The van der Waals surface area contributed by atoms with E-state index >= 15 is 0 Å². The average Bonchev–Trinajstić information content (AvgIpc) is 3.68. The first-order chi connectivity index (χ1) is 19.2. The van der Waals surface area contributed by atoms with Gasteiger partial charge in [0.25, 0.3) is 0 Å². The molecule has 12 nitrogen and oxygen atoms in total. The van der Waals surface area contributed by atoms with Gasteiger partial charge < -0.3 is 30.9 Å². The van der Waals surface area contributed by atoms with Crippen LogP contribution >= 0.6 is 15.9 Å². The summed E-state index contributed by atoms with van der Waals surface area (Å²) in [4.78, 5) is 29.7. The van der Waals surface area contributed by atoms with Gasteiger partial charge in [-0.25, -0.2) is 19.7 Å². The minimum Gasteiger partial charge on any atom is -0.387 e. The molecular weight excluding hydrogens is 580 g/mol. The van der Waals surface area contributed by atoms with Crippen LogP contribution in [0.25, 0.3) is 11.2 Å².